The lowest BCUT2D eigenvalue weighted by Crippen LogP contribution is -2.38. The molecule has 0 N–H and O–H groups in total. The Hall–Kier alpha value is -0.930. The van der Waals surface area contributed by atoms with Gasteiger partial charge in [-0.15, -0.1) is 0 Å². The number of nitrogens with zero attached hydrogens (tertiary/aromatic N) is 2. The Bertz CT molecular complexity index is 362. The lowest BCUT2D eigenvalue weighted by molar-refractivity contribution is 0.0444. The summed E-state index contributed by atoms with van der Waals surface area (Å²) in [6, 6.07) is 5.30. The van der Waals surface area contributed by atoms with Gasteiger partial charge in [0.05, 0.1) is 12.7 Å². The first kappa shape index (κ1) is 14.5. The predicted octanol–water partition coefficient (Wildman–Crippen LogP) is 3.11. The molecule has 1 aliphatic rings. The summed E-state index contributed by atoms with van der Waals surface area (Å²) in [5.41, 5.74) is 1.21. The molecule has 1 fully saturated rings. The van der Waals surface area contributed by atoms with Crippen molar-refractivity contribution in [3.05, 3.63) is 30.1 Å². The normalized spacial score (nSPS) is 24.5. The zero-order valence-corrected chi connectivity index (χ0v) is 12.5. The zero-order valence-electron chi connectivity index (χ0n) is 12.5. The summed E-state index contributed by atoms with van der Waals surface area (Å²) in [6.45, 7) is 10.9. The highest BCUT2D eigenvalue weighted by atomic mass is 16.5. The van der Waals surface area contributed by atoms with E-state index in [1.165, 1.54) is 5.56 Å². The Labute approximate surface area is 117 Å². The quantitative estimate of drug-likeness (QED) is 0.815. The van der Waals surface area contributed by atoms with E-state index in [0.29, 0.717) is 30.7 Å². The number of hydrogen-bond acceptors (Lipinski definition) is 3. The van der Waals surface area contributed by atoms with Gasteiger partial charge < -0.3 is 4.74 Å². The van der Waals surface area contributed by atoms with Crippen LogP contribution in [-0.2, 0) is 11.3 Å². The number of pyridine rings is 1. The van der Waals surface area contributed by atoms with Gasteiger partial charge >= 0.3 is 0 Å². The Morgan fingerprint density at radius 1 is 1.26 bits per heavy atom. The van der Waals surface area contributed by atoms with Gasteiger partial charge in [0, 0.05) is 31.0 Å². The molecular formula is C16H26N2O. The predicted molar refractivity (Wildman–Crippen MR) is 77.9 cm³/mol. The molecule has 0 amide bonds. The minimum Gasteiger partial charge on any atom is -0.372 e. The Morgan fingerprint density at radius 3 is 2.47 bits per heavy atom. The van der Waals surface area contributed by atoms with Crippen molar-refractivity contribution in [2.75, 3.05) is 6.54 Å². The van der Waals surface area contributed by atoms with Crippen molar-refractivity contribution >= 4 is 0 Å². The number of hydrogen-bond donors (Lipinski definition) is 0. The molecule has 2 atom stereocenters. The average molecular weight is 262 g/mol. The maximum absolute atomic E-state index is 6.08. The number of likely N-dealkylation sites (tertiary alicyclic amines) is 1. The van der Waals surface area contributed by atoms with Crippen molar-refractivity contribution in [2.45, 2.75) is 58.9 Å². The summed E-state index contributed by atoms with van der Waals surface area (Å²) in [5.74, 6) is 0.692. The molecule has 1 aliphatic heterocycles. The summed E-state index contributed by atoms with van der Waals surface area (Å²) in [5, 5.41) is 0. The van der Waals surface area contributed by atoms with E-state index >= 15 is 0 Å². The highest BCUT2D eigenvalue weighted by Gasteiger charge is 2.35. The smallest absolute Gasteiger partial charge is 0.0722 e. The molecular weight excluding hydrogens is 236 g/mol. The Kier molecular flexibility index (Phi) is 4.94. The minimum absolute atomic E-state index is 0.364. The van der Waals surface area contributed by atoms with E-state index < -0.39 is 0 Å². The van der Waals surface area contributed by atoms with E-state index in [9.17, 15) is 0 Å². The van der Waals surface area contributed by atoms with Gasteiger partial charge in [0.2, 0.25) is 0 Å². The monoisotopic (exact) mass is 262 g/mol. The molecule has 0 spiro atoms. The van der Waals surface area contributed by atoms with Crippen molar-refractivity contribution < 1.29 is 4.74 Å². The topological polar surface area (TPSA) is 25.4 Å². The van der Waals surface area contributed by atoms with Gasteiger partial charge in [-0.1, -0.05) is 13.8 Å². The van der Waals surface area contributed by atoms with Gasteiger partial charge in [0.1, 0.15) is 0 Å². The standard InChI is InChI=1S/C16H26N2O/c1-12(2)16-9-15(10-18(16)13(3)4)19-11-14-5-7-17-8-6-14/h5-8,12-13,15-16H,9-11H2,1-4H3. The van der Waals surface area contributed by atoms with Crippen LogP contribution in [0.2, 0.25) is 0 Å². The van der Waals surface area contributed by atoms with E-state index in [1.54, 1.807) is 0 Å². The SMILES string of the molecule is CC(C)C1CC(OCc2ccncc2)CN1C(C)C. The van der Waals surface area contributed by atoms with Gasteiger partial charge in [-0.3, -0.25) is 9.88 Å². The van der Waals surface area contributed by atoms with E-state index in [0.717, 1.165) is 13.0 Å². The molecule has 3 heteroatoms. The fourth-order valence-electron chi connectivity index (χ4n) is 2.91. The molecule has 106 valence electrons. The third kappa shape index (κ3) is 3.77. The van der Waals surface area contributed by atoms with E-state index in [1.807, 2.05) is 24.5 Å². The van der Waals surface area contributed by atoms with Crippen LogP contribution in [0.5, 0.6) is 0 Å². The van der Waals surface area contributed by atoms with E-state index in [-0.39, 0.29) is 0 Å². The van der Waals surface area contributed by atoms with Gasteiger partial charge in [0.25, 0.3) is 0 Å². The first-order chi connectivity index (χ1) is 9.08. The minimum atomic E-state index is 0.364. The summed E-state index contributed by atoms with van der Waals surface area (Å²) < 4.78 is 6.08. The molecule has 2 unspecified atom stereocenters. The molecule has 3 nitrogen and oxygen atoms in total. The van der Waals surface area contributed by atoms with Crippen LogP contribution >= 0.6 is 0 Å². The lowest BCUT2D eigenvalue weighted by atomic mass is 10.0. The largest absolute Gasteiger partial charge is 0.372 e. The Balaban J connectivity index is 1.89. The number of rotatable bonds is 5. The second-order valence-electron chi connectivity index (χ2n) is 6.13. The van der Waals surface area contributed by atoms with Gasteiger partial charge in [-0.25, -0.2) is 0 Å². The van der Waals surface area contributed by atoms with Crippen LogP contribution in [-0.4, -0.2) is 34.6 Å². The maximum atomic E-state index is 6.08. The Morgan fingerprint density at radius 2 is 1.95 bits per heavy atom. The molecule has 0 bridgehead atoms. The molecule has 1 saturated heterocycles. The van der Waals surface area contributed by atoms with Crippen LogP contribution in [0.3, 0.4) is 0 Å². The third-order valence-electron chi connectivity index (χ3n) is 4.01. The van der Waals surface area contributed by atoms with E-state index in [4.69, 9.17) is 4.74 Å². The van der Waals surface area contributed by atoms with Crippen LogP contribution in [0.15, 0.2) is 24.5 Å². The van der Waals surface area contributed by atoms with Crippen LogP contribution in [0.25, 0.3) is 0 Å². The molecule has 2 heterocycles. The van der Waals surface area contributed by atoms with Crippen molar-refractivity contribution in [1.29, 1.82) is 0 Å². The highest BCUT2D eigenvalue weighted by molar-refractivity contribution is 5.08. The molecule has 0 aliphatic carbocycles. The van der Waals surface area contributed by atoms with Crippen molar-refractivity contribution in [2.24, 2.45) is 5.92 Å². The van der Waals surface area contributed by atoms with Gasteiger partial charge in [-0.05, 0) is 43.9 Å². The molecule has 19 heavy (non-hydrogen) atoms. The summed E-state index contributed by atoms with van der Waals surface area (Å²) >= 11 is 0. The summed E-state index contributed by atoms with van der Waals surface area (Å²) in [7, 11) is 0. The molecule has 0 radical (unpaired) electrons. The average Bonchev–Trinajstić information content (AvgIpc) is 2.82. The molecule has 2 rings (SSSR count). The summed E-state index contributed by atoms with van der Waals surface area (Å²) in [6.07, 6.45) is 5.17. The van der Waals surface area contributed by atoms with Crippen molar-refractivity contribution in [1.82, 2.24) is 9.88 Å². The second kappa shape index (κ2) is 6.49. The molecule has 0 aromatic carbocycles. The van der Waals surface area contributed by atoms with E-state index in [2.05, 4.69) is 37.6 Å². The van der Waals surface area contributed by atoms with Crippen molar-refractivity contribution in [3.8, 4) is 0 Å². The third-order valence-corrected chi connectivity index (χ3v) is 4.01. The van der Waals surface area contributed by atoms with Crippen LogP contribution in [0.1, 0.15) is 39.7 Å². The van der Waals surface area contributed by atoms with Crippen molar-refractivity contribution in [3.63, 3.8) is 0 Å². The summed E-state index contributed by atoms with van der Waals surface area (Å²) in [4.78, 5) is 6.62. The highest BCUT2D eigenvalue weighted by Crippen LogP contribution is 2.28. The van der Waals surface area contributed by atoms with Gasteiger partial charge in [0.15, 0.2) is 0 Å². The first-order valence-electron chi connectivity index (χ1n) is 7.34. The second-order valence-corrected chi connectivity index (χ2v) is 6.13. The first-order valence-corrected chi connectivity index (χ1v) is 7.34. The number of ether oxygens (including phenoxy) is 1. The lowest BCUT2D eigenvalue weighted by Gasteiger charge is -2.30. The van der Waals surface area contributed by atoms with Crippen LogP contribution in [0, 0.1) is 5.92 Å². The van der Waals surface area contributed by atoms with Crippen LogP contribution in [0.4, 0.5) is 0 Å². The molecule has 1 aromatic rings. The fraction of sp³-hybridized carbons (Fsp3) is 0.688. The molecule has 1 aromatic heterocycles. The molecule has 0 saturated carbocycles. The van der Waals surface area contributed by atoms with Gasteiger partial charge in [-0.2, -0.15) is 0 Å². The maximum Gasteiger partial charge on any atom is 0.0722 e. The zero-order chi connectivity index (χ0) is 13.8. The van der Waals surface area contributed by atoms with Crippen LogP contribution < -0.4 is 0 Å². The number of aromatic nitrogens is 1. The fourth-order valence-corrected chi connectivity index (χ4v) is 2.91.